The SMILES string of the molecule is Bc1cc(C(=O)NCc2c(-c3ccccc3)cc(C)[nH]c2=O)c2cnn(C(C)C)c2c1. The van der Waals surface area contributed by atoms with Crippen LogP contribution in [0, 0.1) is 6.92 Å². The van der Waals surface area contributed by atoms with Crippen molar-refractivity contribution in [2.45, 2.75) is 33.4 Å². The van der Waals surface area contributed by atoms with Crippen LogP contribution in [-0.2, 0) is 6.54 Å². The number of nitrogens with one attached hydrogen (secondary N) is 2. The summed E-state index contributed by atoms with van der Waals surface area (Å²) >= 11 is 0. The first-order valence-electron chi connectivity index (χ1n) is 10.4. The fraction of sp³-hybridized carbons (Fsp3) is 0.208. The number of H-pyrrole nitrogens is 1. The third kappa shape index (κ3) is 4.03. The van der Waals surface area contributed by atoms with Gasteiger partial charge in [0, 0.05) is 34.8 Å². The molecule has 31 heavy (non-hydrogen) atoms. The van der Waals surface area contributed by atoms with E-state index in [0.717, 1.165) is 33.2 Å². The minimum absolute atomic E-state index is 0.131. The maximum Gasteiger partial charge on any atom is 0.253 e. The Labute approximate surface area is 181 Å². The van der Waals surface area contributed by atoms with Gasteiger partial charge in [0.15, 0.2) is 0 Å². The van der Waals surface area contributed by atoms with Gasteiger partial charge in [0.1, 0.15) is 7.85 Å². The summed E-state index contributed by atoms with van der Waals surface area (Å²) in [6.07, 6.45) is 1.73. The van der Waals surface area contributed by atoms with Gasteiger partial charge in [-0.3, -0.25) is 14.3 Å². The van der Waals surface area contributed by atoms with Crippen LogP contribution in [0.2, 0.25) is 0 Å². The molecule has 0 aliphatic rings. The Kier molecular flexibility index (Phi) is 5.50. The Balaban J connectivity index is 1.69. The van der Waals surface area contributed by atoms with E-state index in [0.29, 0.717) is 11.1 Å². The largest absolute Gasteiger partial charge is 0.348 e. The number of aryl methyl sites for hydroxylation is 1. The minimum Gasteiger partial charge on any atom is -0.348 e. The average molecular weight is 412 g/mol. The van der Waals surface area contributed by atoms with Crippen LogP contribution in [0.5, 0.6) is 0 Å². The van der Waals surface area contributed by atoms with Crippen LogP contribution in [0.1, 0.15) is 41.5 Å². The number of nitrogens with zero attached hydrogens (tertiary/aromatic N) is 2. The number of amides is 1. The molecule has 156 valence electrons. The molecule has 0 fully saturated rings. The summed E-state index contributed by atoms with van der Waals surface area (Å²) in [6.45, 7) is 6.10. The lowest BCUT2D eigenvalue weighted by Gasteiger charge is -2.13. The lowest BCUT2D eigenvalue weighted by Crippen LogP contribution is -2.28. The summed E-state index contributed by atoms with van der Waals surface area (Å²) < 4.78 is 1.91. The number of hydrogen-bond acceptors (Lipinski definition) is 3. The van der Waals surface area contributed by atoms with Gasteiger partial charge < -0.3 is 10.3 Å². The van der Waals surface area contributed by atoms with E-state index >= 15 is 0 Å². The minimum atomic E-state index is -0.226. The summed E-state index contributed by atoms with van der Waals surface area (Å²) in [5, 5.41) is 8.21. The van der Waals surface area contributed by atoms with Crippen LogP contribution >= 0.6 is 0 Å². The normalized spacial score (nSPS) is 11.2. The molecule has 7 heteroatoms. The second kappa shape index (κ2) is 8.26. The van der Waals surface area contributed by atoms with Gasteiger partial charge >= 0.3 is 0 Å². The molecular weight excluding hydrogens is 387 g/mol. The first kappa shape index (κ1) is 20.7. The van der Waals surface area contributed by atoms with E-state index in [4.69, 9.17) is 0 Å². The average Bonchev–Trinajstić information content (AvgIpc) is 3.16. The molecule has 0 saturated carbocycles. The van der Waals surface area contributed by atoms with Gasteiger partial charge in [-0.15, -0.1) is 0 Å². The number of pyridine rings is 1. The lowest BCUT2D eigenvalue weighted by atomic mass is 9.92. The topological polar surface area (TPSA) is 79.8 Å². The van der Waals surface area contributed by atoms with E-state index in [-0.39, 0.29) is 24.1 Å². The number of hydrogen-bond donors (Lipinski definition) is 2. The van der Waals surface area contributed by atoms with Gasteiger partial charge in [0.25, 0.3) is 11.5 Å². The Bertz CT molecular complexity index is 1320. The highest BCUT2D eigenvalue weighted by molar-refractivity contribution is 6.34. The maximum absolute atomic E-state index is 13.1. The van der Waals surface area contributed by atoms with Crippen LogP contribution in [0.3, 0.4) is 0 Å². The zero-order chi connectivity index (χ0) is 22.1. The smallest absolute Gasteiger partial charge is 0.253 e. The van der Waals surface area contributed by atoms with Crippen molar-refractivity contribution in [2.75, 3.05) is 0 Å². The van der Waals surface area contributed by atoms with Crippen molar-refractivity contribution in [1.82, 2.24) is 20.1 Å². The van der Waals surface area contributed by atoms with Gasteiger partial charge in [-0.2, -0.15) is 5.10 Å². The van der Waals surface area contributed by atoms with E-state index in [1.165, 1.54) is 0 Å². The molecule has 0 unspecified atom stereocenters. The predicted octanol–water partition coefficient (Wildman–Crippen LogP) is 2.47. The number of carbonyl (C=O) groups is 1. The van der Waals surface area contributed by atoms with Gasteiger partial charge in [-0.1, -0.05) is 41.9 Å². The molecule has 0 bridgehead atoms. The number of aromatic amines is 1. The zero-order valence-corrected chi connectivity index (χ0v) is 18.2. The van der Waals surface area contributed by atoms with Crippen molar-refractivity contribution < 1.29 is 4.79 Å². The van der Waals surface area contributed by atoms with Crippen LogP contribution in [0.4, 0.5) is 0 Å². The molecular formula is C24H25BN4O2. The fourth-order valence-corrected chi connectivity index (χ4v) is 3.92. The fourth-order valence-electron chi connectivity index (χ4n) is 3.92. The van der Waals surface area contributed by atoms with Crippen LogP contribution < -0.4 is 16.3 Å². The standard InChI is InChI=1S/C24H25BN4O2/c1-14(2)29-22-11-17(25)10-19(20(22)13-27-29)23(30)26-12-21-18(9-15(3)28-24(21)31)16-7-5-4-6-8-16/h4-11,13-14H,12,25H2,1-3H3,(H,26,30)(H,28,31). The molecule has 0 aliphatic carbocycles. The zero-order valence-electron chi connectivity index (χ0n) is 18.2. The summed E-state index contributed by atoms with van der Waals surface area (Å²) in [7, 11) is 1.96. The van der Waals surface area contributed by atoms with Gasteiger partial charge in [-0.05, 0) is 44.0 Å². The molecule has 0 atom stereocenters. The monoisotopic (exact) mass is 412 g/mol. The summed E-state index contributed by atoms with van der Waals surface area (Å²) in [5.41, 5.74) is 5.36. The van der Waals surface area contributed by atoms with Crippen LogP contribution in [0.25, 0.3) is 22.0 Å². The number of rotatable bonds is 5. The van der Waals surface area contributed by atoms with E-state index < -0.39 is 0 Å². The summed E-state index contributed by atoms with van der Waals surface area (Å²) in [4.78, 5) is 28.7. The molecule has 6 nitrogen and oxygen atoms in total. The molecule has 2 heterocycles. The molecule has 1 amide bonds. The Morgan fingerprint density at radius 1 is 1.19 bits per heavy atom. The van der Waals surface area contributed by atoms with Crippen molar-refractivity contribution in [3.8, 4) is 11.1 Å². The van der Waals surface area contributed by atoms with E-state index in [1.54, 1.807) is 6.20 Å². The molecule has 4 rings (SSSR count). The number of fused-ring (bicyclic) bond motifs is 1. The predicted molar refractivity (Wildman–Crippen MR) is 127 cm³/mol. The lowest BCUT2D eigenvalue weighted by molar-refractivity contribution is 0.0952. The molecule has 0 aliphatic heterocycles. The van der Waals surface area contributed by atoms with Gasteiger partial charge in [-0.25, -0.2) is 0 Å². The highest BCUT2D eigenvalue weighted by Crippen LogP contribution is 2.23. The number of aromatic nitrogens is 3. The summed E-state index contributed by atoms with van der Waals surface area (Å²) in [6, 6.07) is 15.8. The highest BCUT2D eigenvalue weighted by Gasteiger charge is 2.17. The third-order valence-corrected chi connectivity index (χ3v) is 5.38. The molecule has 4 aromatic rings. The molecule has 0 saturated heterocycles. The van der Waals surface area contributed by atoms with E-state index in [9.17, 15) is 9.59 Å². The Morgan fingerprint density at radius 2 is 1.94 bits per heavy atom. The van der Waals surface area contributed by atoms with Crippen LogP contribution in [-0.4, -0.2) is 28.5 Å². The number of carbonyl (C=O) groups excluding carboxylic acids is 1. The molecule has 2 aromatic heterocycles. The number of benzene rings is 2. The van der Waals surface area contributed by atoms with Crippen molar-refractivity contribution in [3.05, 3.63) is 81.9 Å². The molecule has 0 spiro atoms. The van der Waals surface area contributed by atoms with Crippen LogP contribution in [0.15, 0.2) is 59.5 Å². The summed E-state index contributed by atoms with van der Waals surface area (Å²) in [5.74, 6) is -0.226. The second-order valence-electron chi connectivity index (χ2n) is 8.15. The maximum atomic E-state index is 13.1. The van der Waals surface area contributed by atoms with E-state index in [1.807, 2.05) is 68.0 Å². The highest BCUT2D eigenvalue weighted by atomic mass is 16.1. The Hall–Kier alpha value is -3.61. The van der Waals surface area contributed by atoms with Crippen molar-refractivity contribution in [2.24, 2.45) is 0 Å². The van der Waals surface area contributed by atoms with E-state index in [2.05, 4.69) is 29.2 Å². The third-order valence-electron chi connectivity index (χ3n) is 5.38. The second-order valence-corrected chi connectivity index (χ2v) is 8.15. The van der Waals surface area contributed by atoms with Gasteiger partial charge in [0.05, 0.1) is 11.7 Å². The van der Waals surface area contributed by atoms with Gasteiger partial charge in [0.2, 0.25) is 0 Å². The first-order chi connectivity index (χ1) is 14.8. The molecule has 2 aromatic carbocycles. The van der Waals surface area contributed by atoms with Crippen molar-refractivity contribution in [1.29, 1.82) is 0 Å². The van der Waals surface area contributed by atoms with Crippen molar-refractivity contribution >= 4 is 30.1 Å². The Morgan fingerprint density at radius 3 is 2.65 bits per heavy atom. The first-order valence-corrected chi connectivity index (χ1v) is 10.4. The molecule has 2 N–H and O–H groups in total. The molecule has 0 radical (unpaired) electrons. The quantitative estimate of drug-likeness (QED) is 0.495. The van der Waals surface area contributed by atoms with Crippen molar-refractivity contribution in [3.63, 3.8) is 0 Å².